The van der Waals surface area contributed by atoms with Gasteiger partial charge in [0.05, 0.1) is 18.9 Å². The van der Waals surface area contributed by atoms with Crippen LogP contribution in [0.15, 0.2) is 24.4 Å². The van der Waals surface area contributed by atoms with E-state index in [4.69, 9.17) is 4.74 Å². The van der Waals surface area contributed by atoms with Crippen molar-refractivity contribution < 1.29 is 4.74 Å². The fourth-order valence-corrected chi connectivity index (χ4v) is 1.69. The van der Waals surface area contributed by atoms with Crippen LogP contribution in [0.2, 0.25) is 0 Å². The molecule has 0 bridgehead atoms. The minimum absolute atomic E-state index is 0.309. The second-order valence-electron chi connectivity index (χ2n) is 4.66. The largest absolute Gasteiger partial charge is 0.380 e. The molecule has 3 heteroatoms. The van der Waals surface area contributed by atoms with Gasteiger partial charge in [0.15, 0.2) is 0 Å². The molecule has 1 N–H and O–H groups in total. The van der Waals surface area contributed by atoms with Crippen molar-refractivity contribution in [2.24, 2.45) is 5.41 Å². The number of hydrogen-bond donors (Lipinski definition) is 1. The van der Waals surface area contributed by atoms with Crippen LogP contribution in [0.1, 0.15) is 25.6 Å². The second kappa shape index (κ2) is 4.29. The van der Waals surface area contributed by atoms with Gasteiger partial charge in [-0.1, -0.05) is 13.0 Å². The maximum Gasteiger partial charge on any atom is 0.0570 e. The lowest BCUT2D eigenvalue weighted by Crippen LogP contribution is -2.47. The summed E-state index contributed by atoms with van der Waals surface area (Å²) in [5.74, 6) is 0. The van der Waals surface area contributed by atoms with E-state index in [0.717, 1.165) is 25.5 Å². The van der Waals surface area contributed by atoms with Gasteiger partial charge in [0.25, 0.3) is 0 Å². The molecule has 2 rings (SSSR count). The van der Waals surface area contributed by atoms with Crippen LogP contribution in [0.4, 0.5) is 0 Å². The zero-order chi connectivity index (χ0) is 10.7. The van der Waals surface area contributed by atoms with E-state index in [9.17, 15) is 0 Å². The molecule has 2 heterocycles. The van der Waals surface area contributed by atoms with Gasteiger partial charge in [-0.3, -0.25) is 4.98 Å². The zero-order valence-electron chi connectivity index (χ0n) is 9.36. The summed E-state index contributed by atoms with van der Waals surface area (Å²) in [5.41, 5.74) is 1.42. The van der Waals surface area contributed by atoms with E-state index >= 15 is 0 Å². The van der Waals surface area contributed by atoms with Gasteiger partial charge in [-0.15, -0.1) is 0 Å². The van der Waals surface area contributed by atoms with E-state index in [1.807, 2.05) is 18.3 Å². The van der Waals surface area contributed by atoms with Crippen LogP contribution in [0, 0.1) is 5.41 Å². The fourth-order valence-electron chi connectivity index (χ4n) is 1.69. The molecule has 0 aromatic carbocycles. The molecule has 1 atom stereocenters. The highest BCUT2D eigenvalue weighted by molar-refractivity contribution is 5.07. The summed E-state index contributed by atoms with van der Waals surface area (Å²) in [4.78, 5) is 4.33. The summed E-state index contributed by atoms with van der Waals surface area (Å²) in [6.07, 6.45) is 1.84. The van der Waals surface area contributed by atoms with Crippen molar-refractivity contribution in [2.45, 2.75) is 19.9 Å². The molecule has 0 aliphatic carbocycles. The first-order valence-electron chi connectivity index (χ1n) is 5.42. The first-order valence-corrected chi connectivity index (χ1v) is 5.42. The summed E-state index contributed by atoms with van der Waals surface area (Å²) in [6.45, 7) is 7.12. The molecular weight excluding hydrogens is 188 g/mol. The number of hydrogen-bond acceptors (Lipinski definition) is 3. The fraction of sp³-hybridized carbons (Fsp3) is 0.583. The number of nitrogens with zero attached hydrogens (tertiary/aromatic N) is 1. The van der Waals surface area contributed by atoms with Crippen molar-refractivity contribution in [1.82, 2.24) is 10.3 Å². The first-order chi connectivity index (χ1) is 7.20. The molecule has 0 saturated carbocycles. The first kappa shape index (κ1) is 10.6. The molecule has 15 heavy (non-hydrogen) atoms. The topological polar surface area (TPSA) is 34.1 Å². The van der Waals surface area contributed by atoms with E-state index < -0.39 is 0 Å². The van der Waals surface area contributed by atoms with Gasteiger partial charge >= 0.3 is 0 Å². The second-order valence-corrected chi connectivity index (χ2v) is 4.66. The van der Waals surface area contributed by atoms with Crippen LogP contribution >= 0.6 is 0 Å². The van der Waals surface area contributed by atoms with Gasteiger partial charge < -0.3 is 10.1 Å². The third-order valence-electron chi connectivity index (χ3n) is 2.87. The molecule has 1 unspecified atom stereocenters. The molecule has 0 amide bonds. The monoisotopic (exact) mass is 206 g/mol. The minimum atomic E-state index is 0.309. The molecule has 0 spiro atoms. The van der Waals surface area contributed by atoms with Gasteiger partial charge in [-0.2, -0.15) is 0 Å². The Balaban J connectivity index is 1.85. The predicted molar refractivity (Wildman–Crippen MR) is 59.6 cm³/mol. The Morgan fingerprint density at radius 1 is 1.53 bits per heavy atom. The Hall–Kier alpha value is -0.930. The maximum absolute atomic E-state index is 5.22. The van der Waals surface area contributed by atoms with E-state index in [0.29, 0.717) is 11.5 Å². The summed E-state index contributed by atoms with van der Waals surface area (Å²) in [7, 11) is 0. The highest BCUT2D eigenvalue weighted by Crippen LogP contribution is 2.26. The highest BCUT2D eigenvalue weighted by atomic mass is 16.5. The van der Waals surface area contributed by atoms with Crippen molar-refractivity contribution in [3.63, 3.8) is 0 Å². The van der Waals surface area contributed by atoms with Crippen molar-refractivity contribution >= 4 is 0 Å². The lowest BCUT2D eigenvalue weighted by molar-refractivity contribution is -0.0999. The lowest BCUT2D eigenvalue weighted by Gasteiger charge is -2.38. The number of nitrogens with one attached hydrogen (secondary N) is 1. The van der Waals surface area contributed by atoms with Gasteiger partial charge in [0, 0.05) is 24.2 Å². The molecule has 82 valence electrons. The third-order valence-corrected chi connectivity index (χ3v) is 2.87. The highest BCUT2D eigenvalue weighted by Gasteiger charge is 2.33. The Morgan fingerprint density at radius 2 is 2.33 bits per heavy atom. The van der Waals surface area contributed by atoms with Crippen LogP contribution in [0.3, 0.4) is 0 Å². The van der Waals surface area contributed by atoms with E-state index in [2.05, 4.69) is 30.2 Å². The van der Waals surface area contributed by atoms with E-state index in [1.54, 1.807) is 0 Å². The Morgan fingerprint density at radius 3 is 2.87 bits per heavy atom. The van der Waals surface area contributed by atoms with E-state index in [1.165, 1.54) is 0 Å². The predicted octanol–water partition coefficient (Wildman–Crippen LogP) is 1.77. The molecule has 1 aromatic rings. The molecular formula is C12H18N2O. The minimum Gasteiger partial charge on any atom is -0.380 e. The zero-order valence-corrected chi connectivity index (χ0v) is 9.36. The van der Waals surface area contributed by atoms with Crippen molar-refractivity contribution in [3.8, 4) is 0 Å². The molecule has 0 radical (unpaired) electrons. The number of ether oxygens (including phenoxy) is 1. The Bertz CT molecular complexity index is 309. The van der Waals surface area contributed by atoms with Crippen LogP contribution in [-0.4, -0.2) is 24.7 Å². The van der Waals surface area contributed by atoms with Crippen LogP contribution in [-0.2, 0) is 4.74 Å². The van der Waals surface area contributed by atoms with E-state index in [-0.39, 0.29) is 0 Å². The van der Waals surface area contributed by atoms with Crippen molar-refractivity contribution in [3.05, 3.63) is 30.1 Å². The summed E-state index contributed by atoms with van der Waals surface area (Å²) in [6, 6.07) is 6.33. The molecule has 1 aromatic heterocycles. The normalized spacial score (nSPS) is 20.7. The number of pyridine rings is 1. The summed E-state index contributed by atoms with van der Waals surface area (Å²) >= 11 is 0. The van der Waals surface area contributed by atoms with Gasteiger partial charge in [0.2, 0.25) is 0 Å². The summed E-state index contributed by atoms with van der Waals surface area (Å²) in [5, 5.41) is 3.50. The Kier molecular flexibility index (Phi) is 3.03. The number of rotatable bonds is 4. The van der Waals surface area contributed by atoms with Crippen molar-refractivity contribution in [2.75, 3.05) is 19.8 Å². The van der Waals surface area contributed by atoms with Gasteiger partial charge in [-0.25, -0.2) is 0 Å². The van der Waals surface area contributed by atoms with Gasteiger partial charge in [0.1, 0.15) is 0 Å². The van der Waals surface area contributed by atoms with Crippen LogP contribution in [0.5, 0.6) is 0 Å². The Labute approximate surface area is 90.9 Å². The SMILES string of the molecule is CC(NCC1(C)COC1)c1ccccn1. The average molecular weight is 206 g/mol. The molecule has 1 saturated heterocycles. The number of aromatic nitrogens is 1. The average Bonchev–Trinajstić information content (AvgIpc) is 2.24. The van der Waals surface area contributed by atoms with Crippen molar-refractivity contribution in [1.29, 1.82) is 0 Å². The standard InChI is InChI=1S/C12H18N2O/c1-10(11-5-3-4-6-13-11)14-7-12(2)8-15-9-12/h3-6,10,14H,7-9H2,1-2H3. The molecule has 1 aliphatic rings. The van der Waals surface area contributed by atoms with Crippen LogP contribution in [0.25, 0.3) is 0 Å². The molecule has 1 aliphatic heterocycles. The lowest BCUT2D eigenvalue weighted by atomic mass is 9.88. The molecule has 1 fully saturated rings. The molecule has 3 nitrogen and oxygen atoms in total. The third kappa shape index (κ3) is 2.55. The van der Waals surface area contributed by atoms with Crippen LogP contribution < -0.4 is 5.32 Å². The quantitative estimate of drug-likeness (QED) is 0.815. The summed E-state index contributed by atoms with van der Waals surface area (Å²) < 4.78 is 5.22. The maximum atomic E-state index is 5.22. The van der Waals surface area contributed by atoms with Gasteiger partial charge in [-0.05, 0) is 19.1 Å². The smallest absolute Gasteiger partial charge is 0.0570 e.